The molecule has 1 saturated heterocycles. The van der Waals surface area contributed by atoms with E-state index in [-0.39, 0.29) is 12.4 Å². The number of H-pyrrole nitrogens is 1. The molecule has 0 amide bonds. The van der Waals surface area contributed by atoms with Crippen molar-refractivity contribution in [2.45, 2.75) is 108 Å². The van der Waals surface area contributed by atoms with Gasteiger partial charge in [0.05, 0.1) is 32.1 Å². The lowest BCUT2D eigenvalue weighted by Gasteiger charge is -2.29. The SMILES string of the molecule is O=c1[nH]c(=O)n(C2CO[C@H]([C@H](OP(=O)(O)OCCOCCCCCCCCCCCCCc3ccc(F)cc3)C(F)(F)F)[C@H]2O)cc1F. The number of nitrogens with one attached hydrogen (secondary N) is 1. The zero-order valence-corrected chi connectivity index (χ0v) is 27.4. The second-order valence-electron chi connectivity index (χ2n) is 11.7. The molecule has 0 bridgehead atoms. The number of aliphatic hydroxyl groups excluding tert-OH is 1. The van der Waals surface area contributed by atoms with Crippen LogP contribution in [0.2, 0.25) is 0 Å². The number of hydrogen-bond donors (Lipinski definition) is 3. The average Bonchev–Trinajstić information content (AvgIpc) is 3.39. The number of unbranched alkanes of at least 4 members (excludes halogenated alkanes) is 10. The highest BCUT2D eigenvalue weighted by molar-refractivity contribution is 7.47. The van der Waals surface area contributed by atoms with E-state index in [4.69, 9.17) is 9.47 Å². The van der Waals surface area contributed by atoms with Crippen LogP contribution in [0.25, 0.3) is 0 Å². The second-order valence-corrected chi connectivity index (χ2v) is 13.2. The van der Waals surface area contributed by atoms with Crippen LogP contribution in [0.1, 0.15) is 82.2 Å². The minimum atomic E-state index is -5.32. The predicted octanol–water partition coefficient (Wildman–Crippen LogP) is 5.73. The number of aromatic nitrogens is 2. The summed E-state index contributed by atoms with van der Waals surface area (Å²) in [5.74, 6) is -1.63. The number of aromatic amines is 1. The zero-order valence-electron chi connectivity index (χ0n) is 26.5. The third-order valence-corrected chi connectivity index (χ3v) is 8.99. The summed E-state index contributed by atoms with van der Waals surface area (Å²) in [5, 5.41) is 10.5. The Morgan fingerprint density at radius 2 is 1.50 bits per heavy atom. The van der Waals surface area contributed by atoms with Crippen LogP contribution in [-0.2, 0) is 29.5 Å². The van der Waals surface area contributed by atoms with Gasteiger partial charge in [0.15, 0.2) is 6.10 Å². The number of alkyl halides is 3. The molecule has 1 aliphatic heterocycles. The quantitative estimate of drug-likeness (QED) is 0.0790. The lowest BCUT2D eigenvalue weighted by atomic mass is 10.0. The summed E-state index contributed by atoms with van der Waals surface area (Å²) in [6.45, 7) is -1.12. The number of aliphatic hydroxyl groups is 1. The zero-order chi connectivity index (χ0) is 35.2. The van der Waals surface area contributed by atoms with Crippen LogP contribution in [0.5, 0.6) is 0 Å². The van der Waals surface area contributed by atoms with Gasteiger partial charge in [-0.15, -0.1) is 0 Å². The van der Waals surface area contributed by atoms with E-state index in [1.165, 1.54) is 37.8 Å². The van der Waals surface area contributed by atoms with Crippen LogP contribution in [0.3, 0.4) is 0 Å². The van der Waals surface area contributed by atoms with E-state index in [0.29, 0.717) is 17.4 Å². The van der Waals surface area contributed by atoms with Gasteiger partial charge < -0.3 is 19.5 Å². The average molecular weight is 715 g/mol. The Balaban J connectivity index is 1.23. The topological polar surface area (TPSA) is 149 Å². The number of benzene rings is 1. The fraction of sp³-hybridized carbons (Fsp3) is 0.677. The minimum absolute atomic E-state index is 0.181. The number of rotatable bonds is 22. The monoisotopic (exact) mass is 714 g/mol. The number of halogens is 5. The highest BCUT2D eigenvalue weighted by Gasteiger charge is 2.56. The Labute approximate surface area is 275 Å². The molecule has 2 aromatic rings. The third kappa shape index (κ3) is 13.4. The highest BCUT2D eigenvalue weighted by atomic mass is 31.2. The van der Waals surface area contributed by atoms with Crippen LogP contribution in [0, 0.1) is 11.6 Å². The Kier molecular flexibility index (Phi) is 16.4. The largest absolute Gasteiger partial charge is 0.472 e. The molecular weight excluding hydrogens is 670 g/mol. The molecule has 48 heavy (non-hydrogen) atoms. The molecule has 11 nitrogen and oxygen atoms in total. The number of phosphoric acid groups is 1. The normalized spacial score (nSPS) is 20.2. The Bertz CT molecular complexity index is 1410. The smallest absolute Gasteiger partial charge is 0.388 e. The first-order valence-corrected chi connectivity index (χ1v) is 17.6. The van der Waals surface area contributed by atoms with Gasteiger partial charge >= 0.3 is 19.7 Å². The van der Waals surface area contributed by atoms with Gasteiger partial charge in [-0.3, -0.25) is 23.4 Å². The molecule has 0 aliphatic carbocycles. The van der Waals surface area contributed by atoms with Crippen molar-refractivity contribution in [3.05, 3.63) is 68.5 Å². The Morgan fingerprint density at radius 3 is 2.10 bits per heavy atom. The highest BCUT2D eigenvalue weighted by Crippen LogP contribution is 2.49. The molecule has 5 atom stereocenters. The van der Waals surface area contributed by atoms with Crippen LogP contribution < -0.4 is 11.2 Å². The van der Waals surface area contributed by atoms with Gasteiger partial charge in [-0.2, -0.15) is 17.6 Å². The van der Waals surface area contributed by atoms with Gasteiger partial charge in [0.25, 0.3) is 5.56 Å². The van der Waals surface area contributed by atoms with Crippen LogP contribution in [0.15, 0.2) is 40.1 Å². The molecule has 0 radical (unpaired) electrons. The molecule has 1 aromatic heterocycles. The summed E-state index contributed by atoms with van der Waals surface area (Å²) >= 11 is 0. The summed E-state index contributed by atoms with van der Waals surface area (Å²) in [4.78, 5) is 34.8. The van der Waals surface area contributed by atoms with Crippen molar-refractivity contribution in [1.29, 1.82) is 0 Å². The van der Waals surface area contributed by atoms with Crippen molar-refractivity contribution in [2.24, 2.45) is 0 Å². The predicted molar refractivity (Wildman–Crippen MR) is 164 cm³/mol. The Morgan fingerprint density at radius 1 is 0.917 bits per heavy atom. The molecule has 2 heterocycles. The first-order chi connectivity index (χ1) is 22.8. The van der Waals surface area contributed by atoms with Crippen LogP contribution in [0.4, 0.5) is 22.0 Å². The van der Waals surface area contributed by atoms with E-state index in [1.54, 1.807) is 4.98 Å². The fourth-order valence-electron chi connectivity index (χ4n) is 5.41. The summed E-state index contributed by atoms with van der Waals surface area (Å²) in [6, 6.07) is 5.09. The van der Waals surface area contributed by atoms with Crippen molar-refractivity contribution in [1.82, 2.24) is 9.55 Å². The van der Waals surface area contributed by atoms with E-state index in [9.17, 15) is 46.1 Å². The van der Waals surface area contributed by atoms with Crippen molar-refractivity contribution in [3.8, 4) is 0 Å². The van der Waals surface area contributed by atoms with Gasteiger partial charge in [0.2, 0.25) is 5.82 Å². The van der Waals surface area contributed by atoms with Gasteiger partial charge in [-0.25, -0.2) is 13.8 Å². The van der Waals surface area contributed by atoms with Crippen LogP contribution >= 0.6 is 7.82 Å². The molecule has 17 heteroatoms. The number of aryl methyl sites for hydroxylation is 1. The number of phosphoric ester groups is 1. The second kappa shape index (κ2) is 19.7. The standard InChI is InChI=1S/C31H44F5N2O9P/c32-23-15-13-22(14-16-23)12-10-8-6-4-2-1-3-5-7-9-11-17-44-18-19-46-48(42,43)47-28(31(34,35)36)27-26(39)25(21-45-27)38-20-24(33)29(40)37-30(38)41/h13-16,20,25-28,39H,1-12,17-19,21H2,(H,42,43)(H,37,40,41)/t25?,26-,27-,28-/m0/s1. The van der Waals surface area contributed by atoms with Crippen LogP contribution in [-0.4, -0.2) is 70.5 Å². The minimum Gasteiger partial charge on any atom is -0.388 e. The third-order valence-electron chi connectivity index (χ3n) is 7.99. The first kappa shape index (κ1) is 40.0. The van der Waals surface area contributed by atoms with Gasteiger partial charge in [-0.1, -0.05) is 69.9 Å². The summed E-state index contributed by atoms with van der Waals surface area (Å²) in [7, 11) is -5.32. The summed E-state index contributed by atoms with van der Waals surface area (Å²) in [5.41, 5.74) is -1.40. The van der Waals surface area contributed by atoms with E-state index >= 15 is 0 Å². The lowest BCUT2D eigenvalue weighted by molar-refractivity contribution is -0.234. The molecule has 2 unspecified atom stereocenters. The van der Waals surface area contributed by atoms with Crippen molar-refractivity contribution >= 4 is 7.82 Å². The molecule has 3 rings (SSSR count). The van der Waals surface area contributed by atoms with E-state index < -0.39 is 68.6 Å². The number of nitrogens with zero attached hydrogens (tertiary/aromatic N) is 1. The molecule has 3 N–H and O–H groups in total. The van der Waals surface area contributed by atoms with Gasteiger partial charge in [-0.05, 0) is 37.0 Å². The maximum absolute atomic E-state index is 13.8. The van der Waals surface area contributed by atoms with Gasteiger partial charge in [0, 0.05) is 6.61 Å². The van der Waals surface area contributed by atoms with Crippen molar-refractivity contribution < 1.29 is 55.0 Å². The van der Waals surface area contributed by atoms with E-state index in [0.717, 1.165) is 56.9 Å². The van der Waals surface area contributed by atoms with E-state index in [1.807, 2.05) is 12.1 Å². The molecule has 1 aromatic carbocycles. The van der Waals surface area contributed by atoms with Gasteiger partial charge in [0.1, 0.15) is 18.0 Å². The molecule has 1 aliphatic rings. The molecule has 272 valence electrons. The first-order valence-electron chi connectivity index (χ1n) is 16.1. The van der Waals surface area contributed by atoms with Crippen molar-refractivity contribution in [2.75, 3.05) is 26.4 Å². The Hall–Kier alpha value is -2.46. The maximum atomic E-state index is 13.8. The fourth-order valence-corrected chi connectivity index (χ4v) is 6.31. The summed E-state index contributed by atoms with van der Waals surface area (Å²) < 4.78 is 99.9. The maximum Gasteiger partial charge on any atom is 0.472 e. The number of hydrogen-bond acceptors (Lipinski definition) is 8. The number of ether oxygens (including phenoxy) is 2. The summed E-state index contributed by atoms with van der Waals surface area (Å²) in [6.07, 6.45) is 0.437. The molecular formula is C31H44F5N2O9P. The molecule has 0 saturated carbocycles. The molecule has 0 spiro atoms. The lowest BCUT2D eigenvalue weighted by Crippen LogP contribution is -2.48. The molecule has 1 fully saturated rings. The van der Waals surface area contributed by atoms with Crippen molar-refractivity contribution in [3.63, 3.8) is 0 Å². The van der Waals surface area contributed by atoms with E-state index in [2.05, 4.69) is 9.05 Å².